The molecule has 4 nitrogen and oxygen atoms in total. The van der Waals surface area contributed by atoms with Gasteiger partial charge in [-0.05, 0) is 30.7 Å². The summed E-state index contributed by atoms with van der Waals surface area (Å²) in [5, 5.41) is 8.92. The maximum Gasteiger partial charge on any atom is 0.279 e. The van der Waals surface area contributed by atoms with E-state index in [2.05, 4.69) is 23.8 Å². The first-order chi connectivity index (χ1) is 8.70. The molecule has 0 aromatic carbocycles. The fourth-order valence-corrected chi connectivity index (χ4v) is 3.85. The average Bonchev–Trinajstić information content (AvgIpc) is 2.71. The predicted molar refractivity (Wildman–Crippen MR) is 73.1 cm³/mol. The van der Waals surface area contributed by atoms with E-state index in [-0.39, 0.29) is 5.56 Å². The van der Waals surface area contributed by atoms with Crippen molar-refractivity contribution in [3.8, 4) is 0 Å². The SMILES string of the molecule is C=CCn1nnc2sc3c(c2c1=O)CCC(C)C3. The lowest BCUT2D eigenvalue weighted by molar-refractivity contribution is 0.508. The lowest BCUT2D eigenvalue weighted by Gasteiger charge is -2.17. The first-order valence-corrected chi connectivity index (χ1v) is 7.01. The fraction of sp³-hybridized carbons (Fsp3) is 0.462. The Hall–Kier alpha value is -1.49. The van der Waals surface area contributed by atoms with E-state index < -0.39 is 0 Å². The fourth-order valence-electron chi connectivity index (χ4n) is 2.53. The summed E-state index contributed by atoms with van der Waals surface area (Å²) in [5.41, 5.74) is 1.19. The summed E-state index contributed by atoms with van der Waals surface area (Å²) >= 11 is 1.63. The van der Waals surface area contributed by atoms with Gasteiger partial charge in [0.05, 0.1) is 11.9 Å². The smallest absolute Gasteiger partial charge is 0.267 e. The van der Waals surface area contributed by atoms with E-state index in [4.69, 9.17) is 0 Å². The number of fused-ring (bicyclic) bond motifs is 3. The summed E-state index contributed by atoms with van der Waals surface area (Å²) in [6, 6.07) is 0. The first-order valence-electron chi connectivity index (χ1n) is 6.19. The second kappa shape index (κ2) is 4.31. The zero-order valence-electron chi connectivity index (χ0n) is 10.3. The van der Waals surface area contributed by atoms with Crippen LogP contribution < -0.4 is 5.56 Å². The zero-order chi connectivity index (χ0) is 12.7. The molecule has 3 rings (SSSR count). The first kappa shape index (κ1) is 11.6. The molecule has 0 fully saturated rings. The van der Waals surface area contributed by atoms with Crippen LogP contribution in [0.15, 0.2) is 17.4 Å². The third-order valence-corrected chi connectivity index (χ3v) is 4.63. The number of aromatic nitrogens is 3. The summed E-state index contributed by atoms with van der Waals surface area (Å²) in [7, 11) is 0. The number of thiophene rings is 1. The van der Waals surface area contributed by atoms with E-state index in [9.17, 15) is 4.79 Å². The maximum absolute atomic E-state index is 12.4. The normalized spacial score (nSPS) is 18.8. The molecule has 0 radical (unpaired) electrons. The van der Waals surface area contributed by atoms with Crippen LogP contribution in [-0.2, 0) is 19.4 Å². The van der Waals surface area contributed by atoms with Gasteiger partial charge in [0.25, 0.3) is 5.56 Å². The molecule has 1 unspecified atom stereocenters. The van der Waals surface area contributed by atoms with Crippen LogP contribution in [0, 0.1) is 5.92 Å². The van der Waals surface area contributed by atoms with Gasteiger partial charge in [-0.25, -0.2) is 4.68 Å². The van der Waals surface area contributed by atoms with Gasteiger partial charge < -0.3 is 0 Å². The van der Waals surface area contributed by atoms with Gasteiger partial charge in [-0.15, -0.1) is 23.0 Å². The Balaban J connectivity index is 2.25. The molecule has 2 aromatic heterocycles. The van der Waals surface area contributed by atoms with Crippen molar-refractivity contribution >= 4 is 21.6 Å². The predicted octanol–water partition coefficient (Wildman–Crippen LogP) is 2.16. The van der Waals surface area contributed by atoms with E-state index in [1.54, 1.807) is 17.4 Å². The van der Waals surface area contributed by atoms with Crippen LogP contribution in [0.3, 0.4) is 0 Å². The van der Waals surface area contributed by atoms with Gasteiger partial charge >= 0.3 is 0 Å². The second-order valence-corrected chi connectivity index (χ2v) is 5.98. The highest BCUT2D eigenvalue weighted by Crippen LogP contribution is 2.35. The third-order valence-electron chi connectivity index (χ3n) is 3.49. The van der Waals surface area contributed by atoms with E-state index >= 15 is 0 Å². The highest BCUT2D eigenvalue weighted by molar-refractivity contribution is 7.18. The molecular formula is C13H15N3OS. The van der Waals surface area contributed by atoms with Crippen LogP contribution in [0.4, 0.5) is 0 Å². The van der Waals surface area contributed by atoms with Crippen LogP contribution >= 0.6 is 11.3 Å². The lowest BCUT2D eigenvalue weighted by Crippen LogP contribution is -2.24. The molecule has 0 N–H and O–H groups in total. The largest absolute Gasteiger partial charge is 0.279 e. The number of aryl methyl sites for hydroxylation is 1. The molecule has 0 saturated heterocycles. The summed E-state index contributed by atoms with van der Waals surface area (Å²) in [5.74, 6) is 0.703. The third kappa shape index (κ3) is 1.70. The molecule has 2 aromatic rings. The van der Waals surface area contributed by atoms with E-state index in [1.165, 1.54) is 15.1 Å². The monoisotopic (exact) mass is 261 g/mol. The molecule has 0 amide bonds. The molecule has 0 saturated carbocycles. The van der Waals surface area contributed by atoms with Crippen molar-refractivity contribution < 1.29 is 0 Å². The van der Waals surface area contributed by atoms with Gasteiger partial charge in [-0.2, -0.15) is 0 Å². The van der Waals surface area contributed by atoms with Gasteiger partial charge in [-0.1, -0.05) is 18.2 Å². The highest BCUT2D eigenvalue weighted by Gasteiger charge is 2.23. The van der Waals surface area contributed by atoms with Gasteiger partial charge in [-0.3, -0.25) is 4.79 Å². The molecule has 0 spiro atoms. The zero-order valence-corrected chi connectivity index (χ0v) is 11.2. The molecule has 5 heteroatoms. The number of hydrogen-bond acceptors (Lipinski definition) is 4. The van der Waals surface area contributed by atoms with Gasteiger partial charge in [0.1, 0.15) is 0 Å². The van der Waals surface area contributed by atoms with E-state index in [0.29, 0.717) is 12.5 Å². The Morgan fingerprint density at radius 2 is 2.44 bits per heavy atom. The van der Waals surface area contributed by atoms with Crippen LogP contribution in [0.2, 0.25) is 0 Å². The maximum atomic E-state index is 12.4. The van der Waals surface area contributed by atoms with Crippen molar-refractivity contribution in [2.45, 2.75) is 32.7 Å². The highest BCUT2D eigenvalue weighted by atomic mass is 32.1. The minimum absolute atomic E-state index is 0.0213. The summed E-state index contributed by atoms with van der Waals surface area (Å²) < 4.78 is 1.39. The quantitative estimate of drug-likeness (QED) is 0.778. The van der Waals surface area contributed by atoms with Crippen molar-refractivity contribution in [3.05, 3.63) is 33.4 Å². The Bertz CT molecular complexity index is 671. The molecule has 18 heavy (non-hydrogen) atoms. The Morgan fingerprint density at radius 3 is 3.22 bits per heavy atom. The molecule has 1 aliphatic carbocycles. The van der Waals surface area contributed by atoms with Gasteiger partial charge in [0.15, 0.2) is 4.83 Å². The Kier molecular flexibility index (Phi) is 2.78. The number of allylic oxidation sites excluding steroid dienone is 1. The molecule has 0 aliphatic heterocycles. The van der Waals surface area contributed by atoms with Gasteiger partial charge in [0.2, 0.25) is 0 Å². The molecular weight excluding hydrogens is 246 g/mol. The van der Waals surface area contributed by atoms with Crippen LogP contribution in [0.5, 0.6) is 0 Å². The standard InChI is InChI=1S/C13H15N3OS/c1-3-6-16-13(17)11-9-5-4-8(2)7-10(9)18-12(11)14-15-16/h3,8H,1,4-7H2,2H3. The number of rotatable bonds is 2. The Labute approximate surface area is 109 Å². The molecule has 1 atom stereocenters. The number of nitrogens with zero attached hydrogens (tertiary/aromatic N) is 3. The van der Waals surface area contributed by atoms with Crippen LogP contribution in [0.25, 0.3) is 10.2 Å². The van der Waals surface area contributed by atoms with Crippen LogP contribution in [-0.4, -0.2) is 15.0 Å². The van der Waals surface area contributed by atoms with Crippen LogP contribution in [0.1, 0.15) is 23.8 Å². The minimum atomic E-state index is -0.0213. The van der Waals surface area contributed by atoms with Crippen molar-refractivity contribution in [1.29, 1.82) is 0 Å². The van der Waals surface area contributed by atoms with Gasteiger partial charge in [0, 0.05) is 4.88 Å². The molecule has 0 bridgehead atoms. The summed E-state index contributed by atoms with van der Waals surface area (Å²) in [6.07, 6.45) is 4.88. The topological polar surface area (TPSA) is 47.8 Å². The Morgan fingerprint density at radius 1 is 1.61 bits per heavy atom. The van der Waals surface area contributed by atoms with Crippen molar-refractivity contribution in [2.75, 3.05) is 0 Å². The lowest BCUT2D eigenvalue weighted by atomic mass is 9.89. The minimum Gasteiger partial charge on any atom is -0.267 e. The van der Waals surface area contributed by atoms with Crippen molar-refractivity contribution in [1.82, 2.24) is 15.0 Å². The van der Waals surface area contributed by atoms with E-state index in [0.717, 1.165) is 29.5 Å². The summed E-state index contributed by atoms with van der Waals surface area (Å²) in [6.45, 7) is 6.32. The average molecular weight is 261 g/mol. The summed E-state index contributed by atoms with van der Waals surface area (Å²) in [4.78, 5) is 14.5. The molecule has 2 heterocycles. The van der Waals surface area contributed by atoms with Crippen molar-refractivity contribution in [3.63, 3.8) is 0 Å². The molecule has 94 valence electrons. The number of hydrogen-bond donors (Lipinski definition) is 0. The van der Waals surface area contributed by atoms with Crippen molar-refractivity contribution in [2.24, 2.45) is 5.92 Å². The second-order valence-electron chi connectivity index (χ2n) is 4.90. The van der Waals surface area contributed by atoms with E-state index in [1.807, 2.05) is 0 Å². The molecule has 1 aliphatic rings.